The van der Waals surface area contributed by atoms with Crippen molar-refractivity contribution in [2.24, 2.45) is 7.05 Å². The maximum Gasteiger partial charge on any atom is 0.230 e. The zero-order chi connectivity index (χ0) is 16.6. The summed E-state index contributed by atoms with van der Waals surface area (Å²) in [5, 5.41) is 15.4. The second-order valence-electron chi connectivity index (χ2n) is 5.15. The van der Waals surface area contributed by atoms with Gasteiger partial charge in [-0.25, -0.2) is 4.68 Å². The molecule has 0 saturated carbocycles. The number of hydrogen-bond acceptors (Lipinski definition) is 4. The van der Waals surface area contributed by atoms with E-state index in [0.29, 0.717) is 27.8 Å². The van der Waals surface area contributed by atoms with Crippen LogP contribution in [0, 0.1) is 6.92 Å². The summed E-state index contributed by atoms with van der Waals surface area (Å²) in [6, 6.07) is 5.28. The molecule has 2 heterocycles. The molecular weight excluding hydrogens is 318 g/mol. The SMILES string of the molecule is COc1cccc(Cl)c1CC(=O)Nc1[nH]nc2c1c(C)nn2C. The summed E-state index contributed by atoms with van der Waals surface area (Å²) in [7, 11) is 3.35. The first-order valence-corrected chi connectivity index (χ1v) is 7.38. The van der Waals surface area contributed by atoms with Gasteiger partial charge in [0.15, 0.2) is 5.65 Å². The Balaban J connectivity index is 1.85. The van der Waals surface area contributed by atoms with Crippen LogP contribution in [0.5, 0.6) is 5.75 Å². The quantitative estimate of drug-likeness (QED) is 0.768. The first kappa shape index (κ1) is 15.4. The smallest absolute Gasteiger partial charge is 0.230 e. The van der Waals surface area contributed by atoms with E-state index in [2.05, 4.69) is 20.6 Å². The molecular formula is C15H16ClN5O2. The van der Waals surface area contributed by atoms with Gasteiger partial charge in [-0.1, -0.05) is 17.7 Å². The molecule has 0 aliphatic heterocycles. The van der Waals surface area contributed by atoms with Crippen molar-refractivity contribution >= 4 is 34.4 Å². The Hall–Kier alpha value is -2.54. The number of H-pyrrole nitrogens is 1. The molecule has 8 heteroatoms. The molecule has 0 saturated heterocycles. The van der Waals surface area contributed by atoms with Crippen molar-refractivity contribution in [1.29, 1.82) is 0 Å². The third-order valence-electron chi connectivity index (χ3n) is 3.61. The second-order valence-corrected chi connectivity index (χ2v) is 5.56. The summed E-state index contributed by atoms with van der Waals surface area (Å²) in [5.41, 5.74) is 2.13. The van der Waals surface area contributed by atoms with E-state index in [0.717, 1.165) is 11.1 Å². The molecule has 2 N–H and O–H groups in total. The van der Waals surface area contributed by atoms with Gasteiger partial charge in [0.2, 0.25) is 5.91 Å². The average molecular weight is 334 g/mol. The number of halogens is 1. The number of amides is 1. The van der Waals surface area contributed by atoms with Gasteiger partial charge < -0.3 is 10.1 Å². The van der Waals surface area contributed by atoms with E-state index >= 15 is 0 Å². The molecule has 3 aromatic rings. The Morgan fingerprint density at radius 3 is 3.00 bits per heavy atom. The number of nitrogens with one attached hydrogen (secondary N) is 2. The summed E-state index contributed by atoms with van der Waals surface area (Å²) in [6.07, 6.45) is 0.0999. The fourth-order valence-corrected chi connectivity index (χ4v) is 2.80. The zero-order valence-electron chi connectivity index (χ0n) is 13.0. The largest absolute Gasteiger partial charge is 0.496 e. The zero-order valence-corrected chi connectivity index (χ0v) is 13.7. The molecule has 0 atom stereocenters. The highest BCUT2D eigenvalue weighted by atomic mass is 35.5. The van der Waals surface area contributed by atoms with Crippen molar-refractivity contribution in [1.82, 2.24) is 20.0 Å². The van der Waals surface area contributed by atoms with E-state index in [1.807, 2.05) is 6.92 Å². The lowest BCUT2D eigenvalue weighted by molar-refractivity contribution is -0.115. The maximum atomic E-state index is 12.4. The number of aromatic nitrogens is 4. The van der Waals surface area contributed by atoms with Crippen LogP contribution in [0.25, 0.3) is 11.0 Å². The predicted octanol–water partition coefficient (Wildman–Crippen LogP) is 2.45. The molecule has 0 bridgehead atoms. The molecule has 0 aliphatic carbocycles. The normalized spacial score (nSPS) is 11.0. The van der Waals surface area contributed by atoms with Crippen molar-refractivity contribution in [3.05, 3.63) is 34.5 Å². The highest BCUT2D eigenvalue weighted by Crippen LogP contribution is 2.28. The molecule has 7 nitrogen and oxygen atoms in total. The number of carbonyl (C=O) groups is 1. The fraction of sp³-hybridized carbons (Fsp3) is 0.267. The molecule has 2 aromatic heterocycles. The van der Waals surface area contributed by atoms with Crippen LogP contribution in [0.1, 0.15) is 11.3 Å². The molecule has 0 spiro atoms. The Bertz CT molecular complexity index is 884. The van der Waals surface area contributed by atoms with Crippen molar-refractivity contribution in [3.8, 4) is 5.75 Å². The summed E-state index contributed by atoms with van der Waals surface area (Å²) in [4.78, 5) is 12.4. The number of aromatic amines is 1. The monoisotopic (exact) mass is 333 g/mol. The molecule has 0 aliphatic rings. The molecule has 23 heavy (non-hydrogen) atoms. The number of fused-ring (bicyclic) bond motifs is 1. The minimum Gasteiger partial charge on any atom is -0.496 e. The third-order valence-corrected chi connectivity index (χ3v) is 3.97. The summed E-state index contributed by atoms with van der Waals surface area (Å²) >= 11 is 6.16. The van der Waals surface area contributed by atoms with Crippen molar-refractivity contribution < 1.29 is 9.53 Å². The van der Waals surface area contributed by atoms with Crippen LogP contribution < -0.4 is 10.1 Å². The van der Waals surface area contributed by atoms with E-state index < -0.39 is 0 Å². The van der Waals surface area contributed by atoms with E-state index in [1.54, 1.807) is 37.0 Å². The number of nitrogens with zero attached hydrogens (tertiary/aromatic N) is 3. The first-order chi connectivity index (χ1) is 11.0. The predicted molar refractivity (Wildman–Crippen MR) is 87.9 cm³/mol. The van der Waals surface area contributed by atoms with Gasteiger partial charge in [0, 0.05) is 17.6 Å². The maximum absolute atomic E-state index is 12.4. The van der Waals surface area contributed by atoms with Gasteiger partial charge in [0.1, 0.15) is 11.6 Å². The number of aryl methyl sites for hydroxylation is 2. The number of methoxy groups -OCH3 is 1. The average Bonchev–Trinajstić information content (AvgIpc) is 3.04. The molecule has 0 fully saturated rings. The minimum atomic E-state index is -0.217. The lowest BCUT2D eigenvalue weighted by Gasteiger charge is -2.10. The van der Waals surface area contributed by atoms with Crippen molar-refractivity contribution in [3.63, 3.8) is 0 Å². The highest BCUT2D eigenvalue weighted by molar-refractivity contribution is 6.31. The van der Waals surface area contributed by atoms with Crippen molar-refractivity contribution in [2.75, 3.05) is 12.4 Å². The Labute approximate surface area is 137 Å². The number of ether oxygens (including phenoxy) is 1. The number of anilines is 1. The molecule has 1 amide bonds. The van der Waals surface area contributed by atoms with Crippen LogP contribution in [0.2, 0.25) is 5.02 Å². The standard InChI is InChI=1S/C15H16ClN5O2/c1-8-13-14(18-19-15(13)21(2)20-8)17-12(22)7-9-10(16)5-4-6-11(9)23-3/h4-6H,7H2,1-3H3,(H2,17,18,19,22). The lowest BCUT2D eigenvalue weighted by Crippen LogP contribution is -2.15. The fourth-order valence-electron chi connectivity index (χ4n) is 2.57. The third kappa shape index (κ3) is 2.75. The van der Waals surface area contributed by atoms with Gasteiger partial charge in [-0.2, -0.15) is 10.2 Å². The first-order valence-electron chi connectivity index (χ1n) is 7.00. The van der Waals surface area contributed by atoms with Gasteiger partial charge >= 0.3 is 0 Å². The van der Waals surface area contributed by atoms with Crippen LogP contribution >= 0.6 is 11.6 Å². The minimum absolute atomic E-state index is 0.0999. The van der Waals surface area contributed by atoms with Gasteiger partial charge in [0.25, 0.3) is 0 Å². The van der Waals surface area contributed by atoms with Crippen LogP contribution in [-0.2, 0) is 18.3 Å². The van der Waals surface area contributed by atoms with Gasteiger partial charge in [0.05, 0.1) is 24.6 Å². The number of hydrogen-bond donors (Lipinski definition) is 2. The van der Waals surface area contributed by atoms with Gasteiger partial charge in [-0.15, -0.1) is 0 Å². The molecule has 0 unspecified atom stereocenters. The summed E-state index contributed by atoms with van der Waals surface area (Å²) < 4.78 is 6.92. The Morgan fingerprint density at radius 1 is 1.48 bits per heavy atom. The Morgan fingerprint density at radius 2 is 2.26 bits per heavy atom. The number of carbonyl (C=O) groups excluding carboxylic acids is 1. The lowest BCUT2D eigenvalue weighted by atomic mass is 10.1. The molecule has 0 radical (unpaired) electrons. The van der Waals surface area contributed by atoms with E-state index in [9.17, 15) is 4.79 Å². The molecule has 120 valence electrons. The highest BCUT2D eigenvalue weighted by Gasteiger charge is 2.17. The van der Waals surface area contributed by atoms with Gasteiger partial charge in [-0.3, -0.25) is 9.89 Å². The Kier molecular flexibility index (Phi) is 3.96. The number of rotatable bonds is 4. The summed E-state index contributed by atoms with van der Waals surface area (Å²) in [6.45, 7) is 1.87. The second kappa shape index (κ2) is 5.92. The van der Waals surface area contributed by atoms with Crippen molar-refractivity contribution in [2.45, 2.75) is 13.3 Å². The van der Waals surface area contributed by atoms with Crippen LogP contribution in [-0.4, -0.2) is 33.0 Å². The van der Waals surface area contributed by atoms with Crippen LogP contribution in [0.4, 0.5) is 5.82 Å². The van der Waals surface area contributed by atoms with E-state index in [1.165, 1.54) is 0 Å². The van der Waals surface area contributed by atoms with Crippen LogP contribution in [0.15, 0.2) is 18.2 Å². The van der Waals surface area contributed by atoms with Gasteiger partial charge in [-0.05, 0) is 19.1 Å². The van der Waals surface area contributed by atoms with E-state index in [4.69, 9.17) is 16.3 Å². The number of benzene rings is 1. The molecule has 1 aromatic carbocycles. The van der Waals surface area contributed by atoms with E-state index in [-0.39, 0.29) is 12.3 Å². The molecule has 3 rings (SSSR count). The topological polar surface area (TPSA) is 84.8 Å². The van der Waals surface area contributed by atoms with Crippen LogP contribution in [0.3, 0.4) is 0 Å². The summed E-state index contributed by atoms with van der Waals surface area (Å²) in [5.74, 6) is 0.895.